The number of hydrogen-bond acceptors (Lipinski definition) is 2. The number of benzene rings is 1. The highest BCUT2D eigenvalue weighted by atomic mass is 79.9. The molecule has 0 aliphatic carbocycles. The van der Waals surface area contributed by atoms with Crippen molar-refractivity contribution in [3.05, 3.63) is 40.5 Å². The fourth-order valence-electron chi connectivity index (χ4n) is 1.01. The maximum Gasteiger partial charge on any atom is 0.416 e. The van der Waals surface area contributed by atoms with E-state index in [1.807, 2.05) is 0 Å². The second kappa shape index (κ2) is 5.22. The molecule has 1 rings (SSSR count). The molecular formula is C10H7BrF3NO2. The lowest BCUT2D eigenvalue weighted by Gasteiger charge is -2.10. The molecule has 17 heavy (non-hydrogen) atoms. The predicted octanol–water partition coefficient (Wildman–Crippen LogP) is 3.48. The van der Waals surface area contributed by atoms with Gasteiger partial charge in [-0.3, -0.25) is 0 Å². The molecule has 0 fully saturated rings. The van der Waals surface area contributed by atoms with Gasteiger partial charge in [0.05, 0.1) is 11.3 Å². The largest absolute Gasteiger partial charge is 0.478 e. The average Bonchev–Trinajstić information content (AvgIpc) is 2.18. The monoisotopic (exact) mass is 309 g/mol. The zero-order valence-corrected chi connectivity index (χ0v) is 9.84. The van der Waals surface area contributed by atoms with Crippen LogP contribution in [0.5, 0.6) is 0 Å². The van der Waals surface area contributed by atoms with Gasteiger partial charge in [0, 0.05) is 16.7 Å². The molecule has 0 aliphatic rings. The SMILES string of the molecule is O=C(O)/C=C/Nc1cc(C(F)(F)F)ccc1Br. The van der Waals surface area contributed by atoms with E-state index in [0.29, 0.717) is 4.47 Å². The molecule has 0 atom stereocenters. The molecule has 0 spiro atoms. The zero-order valence-electron chi connectivity index (χ0n) is 8.25. The van der Waals surface area contributed by atoms with E-state index in [2.05, 4.69) is 21.2 Å². The molecule has 0 saturated carbocycles. The summed E-state index contributed by atoms with van der Waals surface area (Å²) in [6.07, 6.45) is -2.61. The molecule has 2 N–H and O–H groups in total. The molecular weight excluding hydrogens is 303 g/mol. The summed E-state index contributed by atoms with van der Waals surface area (Å²) >= 11 is 3.05. The van der Waals surface area contributed by atoms with Crippen LogP contribution in [-0.4, -0.2) is 11.1 Å². The highest BCUT2D eigenvalue weighted by Crippen LogP contribution is 2.33. The molecule has 1 aromatic carbocycles. The minimum absolute atomic E-state index is 0.136. The number of carbonyl (C=O) groups is 1. The molecule has 1 aromatic rings. The third-order valence-corrected chi connectivity index (χ3v) is 2.45. The maximum atomic E-state index is 12.4. The lowest BCUT2D eigenvalue weighted by molar-refractivity contribution is -0.137. The first-order chi connectivity index (χ1) is 7.80. The summed E-state index contributed by atoms with van der Waals surface area (Å²) in [5.41, 5.74) is -0.677. The highest BCUT2D eigenvalue weighted by Gasteiger charge is 2.30. The first kappa shape index (κ1) is 13.6. The van der Waals surface area contributed by atoms with Gasteiger partial charge in [-0.15, -0.1) is 0 Å². The molecule has 0 aromatic heterocycles. The molecule has 0 amide bonds. The first-order valence-corrected chi connectivity index (χ1v) is 5.13. The van der Waals surface area contributed by atoms with Crippen LogP contribution in [0.15, 0.2) is 34.9 Å². The van der Waals surface area contributed by atoms with Crippen LogP contribution in [0.25, 0.3) is 0 Å². The van der Waals surface area contributed by atoms with Crippen molar-refractivity contribution in [2.45, 2.75) is 6.18 Å². The Bertz CT molecular complexity index is 457. The smallest absolute Gasteiger partial charge is 0.416 e. The van der Waals surface area contributed by atoms with E-state index in [4.69, 9.17) is 5.11 Å². The van der Waals surface area contributed by atoms with Crippen LogP contribution in [0.4, 0.5) is 18.9 Å². The number of halogens is 4. The summed E-state index contributed by atoms with van der Waals surface area (Å²) < 4.78 is 37.6. The van der Waals surface area contributed by atoms with Gasteiger partial charge in [-0.2, -0.15) is 13.2 Å². The summed E-state index contributed by atoms with van der Waals surface area (Å²) in [4.78, 5) is 10.2. The molecule has 0 unspecified atom stereocenters. The van der Waals surface area contributed by atoms with Crippen LogP contribution in [0, 0.1) is 0 Å². The summed E-state index contributed by atoms with van der Waals surface area (Å²) in [5, 5.41) is 10.8. The van der Waals surface area contributed by atoms with Crippen LogP contribution in [0.3, 0.4) is 0 Å². The summed E-state index contributed by atoms with van der Waals surface area (Å²) in [7, 11) is 0. The third kappa shape index (κ3) is 4.10. The highest BCUT2D eigenvalue weighted by molar-refractivity contribution is 9.10. The van der Waals surface area contributed by atoms with Gasteiger partial charge in [0.2, 0.25) is 0 Å². The van der Waals surface area contributed by atoms with Gasteiger partial charge < -0.3 is 10.4 Å². The van der Waals surface area contributed by atoms with Crippen molar-refractivity contribution in [1.29, 1.82) is 0 Å². The number of aliphatic carboxylic acids is 1. The number of carboxylic acids is 1. The fourth-order valence-corrected chi connectivity index (χ4v) is 1.38. The number of alkyl halides is 3. The van der Waals surface area contributed by atoms with E-state index in [1.165, 1.54) is 6.07 Å². The molecule has 3 nitrogen and oxygen atoms in total. The molecule has 92 valence electrons. The Labute approximate surface area is 103 Å². The number of nitrogens with one attached hydrogen (secondary N) is 1. The van der Waals surface area contributed by atoms with Crippen LogP contribution in [-0.2, 0) is 11.0 Å². The average molecular weight is 310 g/mol. The van der Waals surface area contributed by atoms with Crippen molar-refractivity contribution in [3.63, 3.8) is 0 Å². The van der Waals surface area contributed by atoms with Crippen LogP contribution < -0.4 is 5.32 Å². The minimum Gasteiger partial charge on any atom is -0.478 e. The molecule has 0 saturated heterocycles. The lowest BCUT2D eigenvalue weighted by atomic mass is 10.2. The minimum atomic E-state index is -4.44. The van der Waals surface area contributed by atoms with E-state index in [0.717, 1.165) is 24.4 Å². The van der Waals surface area contributed by atoms with Gasteiger partial charge in [0.1, 0.15) is 0 Å². The van der Waals surface area contributed by atoms with Gasteiger partial charge in [0.15, 0.2) is 0 Å². The quantitative estimate of drug-likeness (QED) is 0.840. The normalized spacial score (nSPS) is 11.8. The number of rotatable bonds is 3. The van der Waals surface area contributed by atoms with Crippen molar-refractivity contribution in [1.82, 2.24) is 0 Å². The zero-order chi connectivity index (χ0) is 13.1. The van der Waals surface area contributed by atoms with Gasteiger partial charge >= 0.3 is 12.1 Å². The van der Waals surface area contributed by atoms with Gasteiger partial charge in [-0.05, 0) is 34.1 Å². The number of carboxylic acid groups (broad SMARTS) is 1. The topological polar surface area (TPSA) is 49.3 Å². The Morgan fingerprint density at radius 2 is 2.06 bits per heavy atom. The van der Waals surface area contributed by atoms with Gasteiger partial charge in [-0.25, -0.2) is 4.79 Å². The van der Waals surface area contributed by atoms with Gasteiger partial charge in [-0.1, -0.05) is 0 Å². The third-order valence-electron chi connectivity index (χ3n) is 1.76. The second-order valence-corrected chi connectivity index (χ2v) is 3.86. The van der Waals surface area contributed by atoms with Crippen molar-refractivity contribution < 1.29 is 23.1 Å². The molecule has 0 radical (unpaired) electrons. The van der Waals surface area contributed by atoms with E-state index in [1.54, 1.807) is 0 Å². The van der Waals surface area contributed by atoms with E-state index in [-0.39, 0.29) is 5.69 Å². The van der Waals surface area contributed by atoms with Crippen molar-refractivity contribution in [2.75, 3.05) is 5.32 Å². The Balaban J connectivity index is 2.95. The van der Waals surface area contributed by atoms with Crippen LogP contribution >= 0.6 is 15.9 Å². The Kier molecular flexibility index (Phi) is 4.17. The van der Waals surface area contributed by atoms with E-state index < -0.39 is 17.7 Å². The molecule has 7 heteroatoms. The molecule has 0 aliphatic heterocycles. The number of anilines is 1. The molecule has 0 bridgehead atoms. The van der Waals surface area contributed by atoms with Crippen molar-refractivity contribution in [3.8, 4) is 0 Å². The standard InChI is InChI=1S/C10H7BrF3NO2/c11-7-2-1-6(10(12,13)14)5-8(7)15-4-3-9(16)17/h1-5,15H,(H,16,17)/b4-3+. The van der Waals surface area contributed by atoms with E-state index >= 15 is 0 Å². The summed E-state index contributed by atoms with van der Waals surface area (Å²) in [6, 6.07) is 3.05. The number of hydrogen-bond donors (Lipinski definition) is 2. The predicted molar refractivity (Wildman–Crippen MR) is 59.5 cm³/mol. The fraction of sp³-hybridized carbons (Fsp3) is 0.100. The summed E-state index contributed by atoms with van der Waals surface area (Å²) in [5.74, 6) is -1.19. The van der Waals surface area contributed by atoms with Crippen molar-refractivity contribution in [2.24, 2.45) is 0 Å². The lowest BCUT2D eigenvalue weighted by Crippen LogP contribution is -2.05. The maximum absolute atomic E-state index is 12.4. The first-order valence-electron chi connectivity index (χ1n) is 4.33. The Hall–Kier alpha value is -1.50. The van der Waals surface area contributed by atoms with Crippen LogP contribution in [0.1, 0.15) is 5.56 Å². The van der Waals surface area contributed by atoms with E-state index in [9.17, 15) is 18.0 Å². The van der Waals surface area contributed by atoms with Crippen LogP contribution in [0.2, 0.25) is 0 Å². The Morgan fingerprint density at radius 3 is 2.59 bits per heavy atom. The Morgan fingerprint density at radius 1 is 1.41 bits per heavy atom. The summed E-state index contributed by atoms with van der Waals surface area (Å²) in [6.45, 7) is 0. The van der Waals surface area contributed by atoms with Crippen molar-refractivity contribution >= 4 is 27.6 Å². The molecule has 0 heterocycles. The van der Waals surface area contributed by atoms with Gasteiger partial charge in [0.25, 0.3) is 0 Å². The second-order valence-electron chi connectivity index (χ2n) is 3.01.